The Balaban J connectivity index is 3.37. The predicted octanol–water partition coefficient (Wildman–Crippen LogP) is 2.54. The fourth-order valence-corrected chi connectivity index (χ4v) is 4.09. The molecule has 1 rings (SSSR count). The van der Waals surface area contributed by atoms with E-state index in [1.165, 1.54) is 11.1 Å². The van der Waals surface area contributed by atoms with Crippen molar-refractivity contribution in [2.24, 2.45) is 0 Å². The monoisotopic (exact) mass is 218 g/mol. The lowest BCUT2D eigenvalue weighted by atomic mass is 9.80. The smallest absolute Gasteiger partial charge is 0.114 e. The first-order valence-corrected chi connectivity index (χ1v) is 6.74. The number of hydrogen-bond acceptors (Lipinski definition) is 0. The van der Waals surface area contributed by atoms with Crippen LogP contribution in [0.3, 0.4) is 0 Å². The molecule has 0 heterocycles. The zero-order valence-corrected chi connectivity index (χ0v) is 13.2. The van der Waals surface area contributed by atoms with Gasteiger partial charge in [0.25, 0.3) is 16.3 Å². The van der Waals surface area contributed by atoms with Gasteiger partial charge in [-0.05, 0) is 10.8 Å². The number of rotatable bonds is 0. The zero-order chi connectivity index (χ0) is 11.9. The quantitative estimate of drug-likeness (QED) is 0.587. The van der Waals surface area contributed by atoms with Gasteiger partial charge in [0.2, 0.25) is 0 Å². The summed E-state index contributed by atoms with van der Waals surface area (Å²) in [7, 11) is 0. The van der Waals surface area contributed by atoms with Crippen LogP contribution in [0, 0.1) is 0 Å². The fraction of sp³-hybridized carbons (Fsp3) is 0.571. The van der Waals surface area contributed by atoms with E-state index < -0.39 is 0 Å². The summed E-state index contributed by atoms with van der Waals surface area (Å²) < 4.78 is 1.59. The molecule has 0 amide bonds. The Morgan fingerprint density at radius 1 is 0.800 bits per heavy atom. The highest BCUT2D eigenvalue weighted by Gasteiger charge is 2.21. The second-order valence-electron chi connectivity index (χ2n) is 6.48. The van der Waals surface area contributed by atoms with E-state index in [0.29, 0.717) is 0 Å². The van der Waals surface area contributed by atoms with E-state index in [2.05, 4.69) is 59.7 Å². The fourth-order valence-electron chi connectivity index (χ4n) is 2.26. The van der Waals surface area contributed by atoms with Crippen molar-refractivity contribution >= 4 is 20.7 Å². The minimum atomic E-state index is 0.276. The number of hydrogen-bond donors (Lipinski definition) is 0. The summed E-state index contributed by atoms with van der Waals surface area (Å²) in [6.45, 7) is 13.8. The van der Waals surface area contributed by atoms with Crippen LogP contribution in [0.15, 0.2) is 18.2 Å². The molecule has 0 saturated heterocycles. The van der Waals surface area contributed by atoms with E-state index in [4.69, 9.17) is 0 Å². The summed E-state index contributed by atoms with van der Waals surface area (Å²) in [4.78, 5) is 0. The summed E-state index contributed by atoms with van der Waals surface area (Å²) in [5, 5.41) is 0. The van der Waals surface area contributed by atoms with Crippen LogP contribution in [-0.4, -0.2) is 16.3 Å². The molecule has 0 nitrogen and oxygen atoms in total. The summed E-state index contributed by atoms with van der Waals surface area (Å²) in [5.74, 6) is 0. The molecule has 0 aliphatic rings. The lowest BCUT2D eigenvalue weighted by Gasteiger charge is -2.29. The Labute approximate surface area is 103 Å². The Hall–Kier alpha value is -0.248. The molecular formula is C14H23Al. The topological polar surface area (TPSA) is 0 Å². The van der Waals surface area contributed by atoms with Gasteiger partial charge in [0.15, 0.2) is 0 Å². The summed E-state index contributed by atoms with van der Waals surface area (Å²) in [6.07, 6.45) is 0. The first kappa shape index (κ1) is 12.8. The van der Waals surface area contributed by atoms with Gasteiger partial charge in [-0.2, -0.15) is 0 Å². The summed E-state index contributed by atoms with van der Waals surface area (Å²) in [6, 6.07) is 6.79. The largest absolute Gasteiger partial charge is 0.259 e. The first-order valence-electron chi connectivity index (χ1n) is 5.74. The molecule has 0 radical (unpaired) electrons. The van der Waals surface area contributed by atoms with E-state index >= 15 is 0 Å². The molecule has 0 N–H and O–H groups in total. The van der Waals surface area contributed by atoms with Gasteiger partial charge in [-0.15, -0.1) is 4.43 Å². The van der Waals surface area contributed by atoms with E-state index in [1.807, 2.05) is 0 Å². The third-order valence-corrected chi connectivity index (χ3v) is 4.03. The van der Waals surface area contributed by atoms with Crippen molar-refractivity contribution in [1.29, 1.82) is 0 Å². The highest BCUT2D eigenvalue weighted by molar-refractivity contribution is 6.34. The Morgan fingerprint density at radius 2 is 1.13 bits per heavy atom. The zero-order valence-electron chi connectivity index (χ0n) is 11.2. The van der Waals surface area contributed by atoms with Gasteiger partial charge in [-0.1, -0.05) is 70.9 Å². The van der Waals surface area contributed by atoms with Crippen LogP contribution in [0.25, 0.3) is 0 Å². The predicted molar refractivity (Wildman–Crippen MR) is 72.0 cm³/mol. The molecule has 0 spiro atoms. The lowest BCUT2D eigenvalue weighted by Crippen LogP contribution is -2.30. The van der Waals surface area contributed by atoms with Crippen LogP contribution in [0.5, 0.6) is 0 Å². The van der Waals surface area contributed by atoms with E-state index in [1.54, 1.807) is 4.43 Å². The molecule has 1 heteroatoms. The Bertz CT molecular complexity index is 318. The van der Waals surface area contributed by atoms with Gasteiger partial charge in [-0.3, -0.25) is 0 Å². The molecule has 0 atom stereocenters. The summed E-state index contributed by atoms with van der Waals surface area (Å²) >= 11 is 1.14. The van der Waals surface area contributed by atoms with Crippen molar-refractivity contribution in [1.82, 2.24) is 0 Å². The summed E-state index contributed by atoms with van der Waals surface area (Å²) in [5.41, 5.74) is 3.61. The third kappa shape index (κ3) is 2.86. The maximum atomic E-state index is 2.30. The Morgan fingerprint density at radius 3 is 1.40 bits per heavy atom. The SMILES string of the molecule is CC(C)(C)c1cccc(C(C)(C)C)[c]1[AlH2]. The molecule has 1 aromatic rings. The van der Waals surface area contributed by atoms with Crippen molar-refractivity contribution in [3.63, 3.8) is 0 Å². The van der Waals surface area contributed by atoms with Gasteiger partial charge < -0.3 is 0 Å². The third-order valence-electron chi connectivity index (χ3n) is 2.95. The van der Waals surface area contributed by atoms with Gasteiger partial charge in [0.05, 0.1) is 0 Å². The Kier molecular flexibility index (Phi) is 3.39. The molecule has 0 aromatic heterocycles. The van der Waals surface area contributed by atoms with Gasteiger partial charge in [-0.25, -0.2) is 0 Å². The highest BCUT2D eigenvalue weighted by atomic mass is 27.0. The van der Waals surface area contributed by atoms with Gasteiger partial charge >= 0.3 is 0 Å². The van der Waals surface area contributed by atoms with Crippen LogP contribution < -0.4 is 4.43 Å². The van der Waals surface area contributed by atoms with Crippen LogP contribution in [-0.2, 0) is 10.8 Å². The normalized spacial score (nSPS) is 12.9. The molecule has 15 heavy (non-hydrogen) atoms. The average Bonchev–Trinajstić information content (AvgIpc) is 1.99. The molecule has 0 unspecified atom stereocenters. The maximum Gasteiger partial charge on any atom is 0.259 e. The standard InChI is InChI=1S/C14H21.Al.2H/c1-13(2,3)11-8-7-9-12(10-11)14(4,5)6;;;/h7-9H,1-6H3;;;. The molecular weight excluding hydrogens is 195 g/mol. The van der Waals surface area contributed by atoms with Crippen molar-refractivity contribution in [3.05, 3.63) is 29.3 Å². The second kappa shape index (κ2) is 3.96. The van der Waals surface area contributed by atoms with Crippen molar-refractivity contribution in [2.45, 2.75) is 52.4 Å². The average molecular weight is 218 g/mol. The van der Waals surface area contributed by atoms with Crippen LogP contribution >= 0.6 is 0 Å². The lowest BCUT2D eigenvalue weighted by molar-refractivity contribution is 0.576. The minimum absolute atomic E-state index is 0.276. The van der Waals surface area contributed by atoms with E-state index in [0.717, 1.165) is 16.3 Å². The second-order valence-corrected chi connectivity index (χ2v) is 7.48. The van der Waals surface area contributed by atoms with Gasteiger partial charge in [0, 0.05) is 0 Å². The van der Waals surface area contributed by atoms with Crippen LogP contribution in [0.2, 0.25) is 0 Å². The highest BCUT2D eigenvalue weighted by Crippen LogP contribution is 2.25. The van der Waals surface area contributed by atoms with Crippen molar-refractivity contribution in [2.75, 3.05) is 0 Å². The number of benzene rings is 1. The maximum absolute atomic E-state index is 2.30. The molecule has 0 bridgehead atoms. The molecule has 0 aliphatic heterocycles. The molecule has 0 saturated carbocycles. The van der Waals surface area contributed by atoms with Crippen molar-refractivity contribution in [3.8, 4) is 0 Å². The first-order chi connectivity index (χ1) is 6.64. The minimum Gasteiger partial charge on any atom is -0.114 e. The molecule has 0 aliphatic carbocycles. The van der Waals surface area contributed by atoms with E-state index in [-0.39, 0.29) is 10.8 Å². The van der Waals surface area contributed by atoms with E-state index in [9.17, 15) is 0 Å². The molecule has 82 valence electrons. The van der Waals surface area contributed by atoms with Gasteiger partial charge in [0.1, 0.15) is 0 Å². The van der Waals surface area contributed by atoms with Crippen molar-refractivity contribution < 1.29 is 0 Å². The van der Waals surface area contributed by atoms with Crippen LogP contribution in [0.1, 0.15) is 52.7 Å². The van der Waals surface area contributed by atoms with Crippen LogP contribution in [0.4, 0.5) is 0 Å². The molecule has 1 aromatic carbocycles. The molecule has 0 fully saturated rings.